The number of nitrogen functional groups attached to an aromatic ring is 2. The molecule has 0 radical (unpaired) electrons. The quantitative estimate of drug-likeness (QED) is 0.568. The van der Waals surface area contributed by atoms with Gasteiger partial charge in [0.2, 0.25) is 11.9 Å². The van der Waals surface area contributed by atoms with Crippen molar-refractivity contribution < 1.29 is 14.3 Å². The number of aromatic nitrogens is 3. The Morgan fingerprint density at radius 1 is 1.21 bits per heavy atom. The second-order valence-electron chi connectivity index (χ2n) is 4.44. The number of halogens is 1. The zero-order valence-corrected chi connectivity index (χ0v) is 13.9. The predicted octanol–water partition coefficient (Wildman–Crippen LogP) is 1.65. The molecule has 0 unspecified atom stereocenters. The molecule has 9 nitrogen and oxygen atoms in total. The fourth-order valence-corrected chi connectivity index (χ4v) is 2.09. The van der Waals surface area contributed by atoms with Crippen LogP contribution in [0, 0.1) is 0 Å². The van der Waals surface area contributed by atoms with E-state index in [1.54, 1.807) is 12.1 Å². The Kier molecular flexibility index (Phi) is 5.96. The number of methoxy groups -OCH3 is 1. The zero-order chi connectivity index (χ0) is 17.5. The minimum absolute atomic E-state index is 0.00465. The van der Waals surface area contributed by atoms with E-state index in [0.29, 0.717) is 28.7 Å². The molecule has 0 aliphatic heterocycles. The highest BCUT2D eigenvalue weighted by atomic mass is 35.5. The molecule has 1 aromatic heterocycles. The highest BCUT2D eigenvalue weighted by Crippen LogP contribution is 2.35. The number of nitrogens with zero attached hydrogens (tertiary/aromatic N) is 4. The molecule has 0 saturated carbocycles. The van der Waals surface area contributed by atoms with E-state index in [0.717, 1.165) is 0 Å². The Bertz CT molecular complexity index is 720. The maximum atomic E-state index is 6.17. The third-order valence-corrected chi connectivity index (χ3v) is 3.01. The normalized spacial score (nSPS) is 10.8. The third-order valence-electron chi connectivity index (χ3n) is 2.73. The monoisotopic (exact) mass is 352 g/mol. The van der Waals surface area contributed by atoms with Gasteiger partial charge in [-0.05, 0) is 19.1 Å². The van der Waals surface area contributed by atoms with Crippen LogP contribution >= 0.6 is 11.6 Å². The predicted molar refractivity (Wildman–Crippen MR) is 90.2 cm³/mol. The Hall–Kier alpha value is -2.81. The smallest absolute Gasteiger partial charge is 0.225 e. The van der Waals surface area contributed by atoms with Gasteiger partial charge in [0.1, 0.15) is 0 Å². The van der Waals surface area contributed by atoms with E-state index in [4.69, 9.17) is 37.4 Å². The summed E-state index contributed by atoms with van der Waals surface area (Å²) >= 11 is 6.17. The van der Waals surface area contributed by atoms with Crippen LogP contribution in [0.5, 0.6) is 11.5 Å². The van der Waals surface area contributed by atoms with Gasteiger partial charge in [0.05, 0.1) is 25.0 Å². The molecule has 0 amide bonds. The summed E-state index contributed by atoms with van der Waals surface area (Å²) < 4.78 is 10.7. The lowest BCUT2D eigenvalue weighted by atomic mass is 10.2. The lowest BCUT2D eigenvalue weighted by Gasteiger charge is -2.11. The fourth-order valence-electron chi connectivity index (χ4n) is 1.81. The van der Waals surface area contributed by atoms with E-state index in [2.05, 4.69) is 20.1 Å². The maximum absolute atomic E-state index is 6.17. The molecular weight excluding hydrogens is 336 g/mol. The van der Waals surface area contributed by atoms with Crippen LogP contribution in [-0.2, 0) is 11.4 Å². The van der Waals surface area contributed by atoms with E-state index in [-0.39, 0.29) is 24.3 Å². The lowest BCUT2D eigenvalue weighted by Crippen LogP contribution is -2.07. The van der Waals surface area contributed by atoms with Crippen molar-refractivity contribution in [3.63, 3.8) is 0 Å². The van der Waals surface area contributed by atoms with Crippen LogP contribution in [0.3, 0.4) is 0 Å². The topological polar surface area (TPSA) is 131 Å². The van der Waals surface area contributed by atoms with Gasteiger partial charge in [0.15, 0.2) is 23.9 Å². The van der Waals surface area contributed by atoms with Crippen LogP contribution in [0.15, 0.2) is 17.3 Å². The molecule has 0 atom stereocenters. The molecule has 2 rings (SSSR count). The zero-order valence-electron chi connectivity index (χ0n) is 13.2. The number of benzene rings is 1. The first-order valence-corrected chi connectivity index (χ1v) is 7.32. The van der Waals surface area contributed by atoms with Crippen LogP contribution in [-0.4, -0.2) is 34.9 Å². The van der Waals surface area contributed by atoms with Gasteiger partial charge in [0, 0.05) is 5.56 Å². The van der Waals surface area contributed by atoms with Gasteiger partial charge < -0.3 is 25.8 Å². The molecule has 24 heavy (non-hydrogen) atoms. The summed E-state index contributed by atoms with van der Waals surface area (Å²) in [6, 6.07) is 3.41. The van der Waals surface area contributed by atoms with Crippen LogP contribution < -0.4 is 20.9 Å². The van der Waals surface area contributed by atoms with Gasteiger partial charge >= 0.3 is 0 Å². The van der Waals surface area contributed by atoms with E-state index in [1.807, 2.05) is 6.92 Å². The Morgan fingerprint density at radius 3 is 2.54 bits per heavy atom. The summed E-state index contributed by atoms with van der Waals surface area (Å²) in [5, 5.41) is 4.24. The van der Waals surface area contributed by atoms with Crippen molar-refractivity contribution in [2.24, 2.45) is 5.16 Å². The van der Waals surface area contributed by atoms with E-state index < -0.39 is 0 Å². The Morgan fingerprint density at radius 2 is 1.92 bits per heavy atom. The molecule has 128 valence electrons. The highest BCUT2D eigenvalue weighted by Gasteiger charge is 2.11. The van der Waals surface area contributed by atoms with Crippen LogP contribution in [0.2, 0.25) is 5.02 Å². The van der Waals surface area contributed by atoms with E-state index in [1.165, 1.54) is 13.3 Å². The molecule has 0 spiro atoms. The first kappa shape index (κ1) is 17.5. The average molecular weight is 353 g/mol. The number of hydrogen-bond donors (Lipinski definition) is 2. The molecule has 1 aromatic carbocycles. The van der Waals surface area contributed by atoms with Crippen molar-refractivity contribution in [3.05, 3.63) is 28.5 Å². The molecule has 2 aromatic rings. The summed E-state index contributed by atoms with van der Waals surface area (Å²) in [6.45, 7) is 2.33. The largest absolute Gasteiger partial charge is 0.493 e. The summed E-state index contributed by atoms with van der Waals surface area (Å²) in [5.41, 5.74) is 11.6. The molecular formula is C14H17ClN6O3. The van der Waals surface area contributed by atoms with Crippen molar-refractivity contribution >= 4 is 29.7 Å². The maximum Gasteiger partial charge on any atom is 0.225 e. The first-order valence-electron chi connectivity index (χ1n) is 6.95. The molecule has 1 heterocycles. The van der Waals surface area contributed by atoms with E-state index in [9.17, 15) is 0 Å². The van der Waals surface area contributed by atoms with Crippen molar-refractivity contribution in [2.45, 2.75) is 13.5 Å². The summed E-state index contributed by atoms with van der Waals surface area (Å²) in [7, 11) is 1.53. The lowest BCUT2D eigenvalue weighted by molar-refractivity contribution is 0.126. The van der Waals surface area contributed by atoms with Crippen molar-refractivity contribution in [1.82, 2.24) is 15.0 Å². The molecule has 0 aliphatic rings. The summed E-state index contributed by atoms with van der Waals surface area (Å²) in [4.78, 5) is 16.5. The molecule has 10 heteroatoms. The summed E-state index contributed by atoms with van der Waals surface area (Å²) in [6.07, 6.45) is 1.47. The van der Waals surface area contributed by atoms with Gasteiger partial charge in [-0.15, -0.1) is 0 Å². The second kappa shape index (κ2) is 8.16. The van der Waals surface area contributed by atoms with Crippen molar-refractivity contribution in [1.29, 1.82) is 0 Å². The minimum atomic E-state index is -0.00465. The number of anilines is 2. The van der Waals surface area contributed by atoms with Gasteiger partial charge in [0.25, 0.3) is 0 Å². The third kappa shape index (κ3) is 4.59. The molecule has 0 saturated heterocycles. The number of ether oxygens (including phenoxy) is 2. The highest BCUT2D eigenvalue weighted by molar-refractivity contribution is 6.32. The minimum Gasteiger partial charge on any atom is -0.493 e. The van der Waals surface area contributed by atoms with Gasteiger partial charge in [-0.3, -0.25) is 0 Å². The number of oxime groups is 1. The summed E-state index contributed by atoms with van der Waals surface area (Å²) in [5.74, 6) is 1.31. The van der Waals surface area contributed by atoms with E-state index >= 15 is 0 Å². The van der Waals surface area contributed by atoms with Gasteiger partial charge in [-0.1, -0.05) is 16.8 Å². The fraction of sp³-hybridized carbons (Fsp3) is 0.286. The van der Waals surface area contributed by atoms with Crippen molar-refractivity contribution in [3.8, 4) is 11.5 Å². The van der Waals surface area contributed by atoms with Gasteiger partial charge in [-0.2, -0.15) is 15.0 Å². The molecule has 4 N–H and O–H groups in total. The average Bonchev–Trinajstić information content (AvgIpc) is 2.53. The first-order chi connectivity index (χ1) is 11.5. The molecule has 0 fully saturated rings. The Balaban J connectivity index is 2.05. The SMILES string of the molecule is CCOc1c(Cl)cc(/C=N\OCc2nc(N)nc(N)n2)cc1OC. The van der Waals surface area contributed by atoms with Crippen molar-refractivity contribution in [2.75, 3.05) is 25.2 Å². The Labute approximate surface area is 143 Å². The van der Waals surface area contributed by atoms with Gasteiger partial charge in [-0.25, -0.2) is 0 Å². The van der Waals surface area contributed by atoms with Crippen LogP contribution in [0.1, 0.15) is 18.3 Å². The number of rotatable bonds is 7. The van der Waals surface area contributed by atoms with Crippen LogP contribution in [0.4, 0.5) is 11.9 Å². The van der Waals surface area contributed by atoms with Crippen LogP contribution in [0.25, 0.3) is 0 Å². The second-order valence-corrected chi connectivity index (χ2v) is 4.85. The standard InChI is InChI=1S/C14H17ClN6O3/c1-3-23-12-9(15)4-8(5-10(12)22-2)6-18-24-7-11-19-13(16)21-14(17)20-11/h4-6H,3,7H2,1-2H3,(H4,16,17,19,20,21)/b18-6-. The number of hydrogen-bond acceptors (Lipinski definition) is 9. The number of nitrogens with two attached hydrogens (primary N) is 2. The molecule has 0 bridgehead atoms. The molecule has 0 aliphatic carbocycles.